The summed E-state index contributed by atoms with van der Waals surface area (Å²) in [5.74, 6) is 6.76. The molecule has 0 atom stereocenters. The predicted octanol–water partition coefficient (Wildman–Crippen LogP) is 2.24. The van der Waals surface area contributed by atoms with Gasteiger partial charge in [-0.1, -0.05) is 24.0 Å². The number of pyridine rings is 1. The van der Waals surface area contributed by atoms with Crippen LogP contribution in [0.2, 0.25) is 0 Å². The molecular formula is C25H29N5O2. The third-order valence-electron chi connectivity index (χ3n) is 5.61. The molecule has 0 bridgehead atoms. The van der Waals surface area contributed by atoms with Crippen molar-refractivity contribution in [3.05, 3.63) is 59.4 Å². The molecule has 1 aliphatic carbocycles. The van der Waals surface area contributed by atoms with Crippen molar-refractivity contribution >= 4 is 17.6 Å². The molecule has 2 fully saturated rings. The minimum atomic E-state index is -0.793. The Balaban J connectivity index is 1.43. The summed E-state index contributed by atoms with van der Waals surface area (Å²) >= 11 is 0. The highest BCUT2D eigenvalue weighted by molar-refractivity contribution is 6.09. The van der Waals surface area contributed by atoms with Gasteiger partial charge in [-0.2, -0.15) is 0 Å². The van der Waals surface area contributed by atoms with Crippen molar-refractivity contribution in [1.82, 2.24) is 10.3 Å². The first-order valence-electron chi connectivity index (χ1n) is 10.9. The molecule has 2 aromatic rings. The molecule has 2 aliphatic rings. The molecule has 2 heterocycles. The number of piperidine rings is 1. The molecule has 1 saturated heterocycles. The Kier molecular flexibility index (Phi) is 6.74. The molecule has 0 amide bonds. The van der Waals surface area contributed by atoms with E-state index in [4.69, 9.17) is 16.2 Å². The van der Waals surface area contributed by atoms with Gasteiger partial charge in [0.05, 0.1) is 6.04 Å². The Morgan fingerprint density at radius 2 is 2.12 bits per heavy atom. The first kappa shape index (κ1) is 21.9. The van der Waals surface area contributed by atoms with Crippen molar-refractivity contribution in [2.24, 2.45) is 10.7 Å². The van der Waals surface area contributed by atoms with Gasteiger partial charge >= 0.3 is 0 Å². The number of nitrogen functional groups attached to an aromatic ring is 1. The second-order valence-electron chi connectivity index (χ2n) is 8.26. The van der Waals surface area contributed by atoms with Gasteiger partial charge in [0, 0.05) is 35.3 Å². The number of anilines is 1. The fourth-order valence-corrected chi connectivity index (χ4v) is 3.42. The topological polar surface area (TPSA) is 119 Å². The van der Waals surface area contributed by atoms with Gasteiger partial charge in [-0.05, 0) is 62.5 Å². The zero-order valence-electron chi connectivity index (χ0n) is 18.1. The number of hydrogen-bond acceptors (Lipinski definition) is 7. The first-order chi connectivity index (χ1) is 15.5. The van der Waals surface area contributed by atoms with Gasteiger partial charge in [0.15, 0.2) is 11.6 Å². The molecule has 7 nitrogen and oxygen atoms in total. The lowest BCUT2D eigenvalue weighted by Crippen LogP contribution is -2.29. The molecule has 0 spiro atoms. The lowest BCUT2D eigenvalue weighted by atomic mass is 10.1. The fraction of sp³-hybridized carbons (Fsp3) is 0.360. The van der Waals surface area contributed by atoms with Gasteiger partial charge in [0.2, 0.25) is 0 Å². The Morgan fingerprint density at radius 1 is 1.31 bits per heavy atom. The van der Waals surface area contributed by atoms with Crippen LogP contribution in [0.15, 0.2) is 47.7 Å². The molecule has 0 radical (unpaired) electrons. The zero-order chi connectivity index (χ0) is 22.4. The van der Waals surface area contributed by atoms with E-state index < -0.39 is 5.60 Å². The van der Waals surface area contributed by atoms with Gasteiger partial charge in [0.1, 0.15) is 12.2 Å². The van der Waals surface area contributed by atoms with Gasteiger partial charge in [-0.25, -0.2) is 4.98 Å². The van der Waals surface area contributed by atoms with E-state index in [9.17, 15) is 5.11 Å². The summed E-state index contributed by atoms with van der Waals surface area (Å²) in [5, 5.41) is 13.2. The standard InChI is InChI=1S/C25H29N5O2/c26-14-21(16-29-22-5-10-28-11-6-22)20-13-23(24(27)30-15-20)32-17-19-3-1-2-18(12-19)4-7-25(31)8-9-25/h1-3,12-16,22,28,31H,5-6,8-11,17,26H2,(H2,27,30). The van der Waals surface area contributed by atoms with Crippen molar-refractivity contribution < 1.29 is 9.84 Å². The van der Waals surface area contributed by atoms with Crippen LogP contribution in [0.5, 0.6) is 5.75 Å². The van der Waals surface area contributed by atoms with Gasteiger partial charge in [-0.15, -0.1) is 0 Å². The van der Waals surface area contributed by atoms with Crippen LogP contribution in [-0.2, 0) is 6.61 Å². The molecule has 1 saturated carbocycles. The smallest absolute Gasteiger partial charge is 0.166 e. The summed E-state index contributed by atoms with van der Waals surface area (Å²) in [5.41, 5.74) is 14.5. The number of nitrogens with zero attached hydrogens (tertiary/aromatic N) is 2. The maximum atomic E-state index is 9.90. The average molecular weight is 432 g/mol. The van der Waals surface area contributed by atoms with Crippen LogP contribution >= 0.6 is 0 Å². The molecule has 32 heavy (non-hydrogen) atoms. The Hall–Kier alpha value is -3.34. The summed E-state index contributed by atoms with van der Waals surface area (Å²) in [6, 6.07) is 9.88. The molecule has 166 valence electrons. The summed E-state index contributed by atoms with van der Waals surface area (Å²) in [7, 11) is 0. The van der Waals surface area contributed by atoms with E-state index >= 15 is 0 Å². The third-order valence-corrected chi connectivity index (χ3v) is 5.61. The number of allylic oxidation sites excluding steroid dienone is 1. The Morgan fingerprint density at radius 3 is 2.88 bits per heavy atom. The average Bonchev–Trinajstić information content (AvgIpc) is 3.56. The predicted molar refractivity (Wildman–Crippen MR) is 127 cm³/mol. The lowest BCUT2D eigenvalue weighted by Gasteiger charge is -2.18. The minimum absolute atomic E-state index is 0.305. The summed E-state index contributed by atoms with van der Waals surface area (Å²) < 4.78 is 5.96. The van der Waals surface area contributed by atoms with Crippen LogP contribution in [-0.4, -0.2) is 41.0 Å². The Bertz CT molecular complexity index is 1070. The highest BCUT2D eigenvalue weighted by Crippen LogP contribution is 2.34. The monoisotopic (exact) mass is 431 g/mol. The fourth-order valence-electron chi connectivity index (χ4n) is 3.42. The molecule has 7 heteroatoms. The molecule has 0 unspecified atom stereocenters. The maximum absolute atomic E-state index is 9.90. The van der Waals surface area contributed by atoms with E-state index in [0.717, 1.165) is 61.0 Å². The number of hydrogen-bond donors (Lipinski definition) is 4. The lowest BCUT2D eigenvalue weighted by molar-refractivity contribution is 0.212. The number of rotatable bonds is 6. The Labute approximate surface area is 188 Å². The van der Waals surface area contributed by atoms with Gasteiger partial charge in [0.25, 0.3) is 0 Å². The zero-order valence-corrected chi connectivity index (χ0v) is 18.1. The van der Waals surface area contributed by atoms with Crippen molar-refractivity contribution in [2.75, 3.05) is 18.8 Å². The number of nitrogens with one attached hydrogen (secondary N) is 1. The third kappa shape index (κ3) is 5.88. The summed E-state index contributed by atoms with van der Waals surface area (Å²) in [4.78, 5) is 8.95. The molecule has 1 aromatic carbocycles. The number of aliphatic imine (C=N–C) groups is 1. The van der Waals surface area contributed by atoms with Crippen LogP contribution in [0.4, 0.5) is 5.82 Å². The van der Waals surface area contributed by atoms with E-state index in [0.29, 0.717) is 24.2 Å². The van der Waals surface area contributed by atoms with E-state index in [1.807, 2.05) is 36.5 Å². The molecule has 6 N–H and O–H groups in total. The van der Waals surface area contributed by atoms with Crippen molar-refractivity contribution in [3.63, 3.8) is 0 Å². The molecule has 1 aliphatic heterocycles. The number of ether oxygens (including phenoxy) is 1. The maximum Gasteiger partial charge on any atom is 0.166 e. The van der Waals surface area contributed by atoms with Crippen molar-refractivity contribution in [1.29, 1.82) is 0 Å². The molecule has 1 aromatic heterocycles. The normalized spacial score (nSPS) is 18.2. The number of nitrogens with two attached hydrogens (primary N) is 2. The highest BCUT2D eigenvalue weighted by atomic mass is 16.5. The first-order valence-corrected chi connectivity index (χ1v) is 10.9. The second kappa shape index (κ2) is 9.86. The van der Waals surface area contributed by atoms with Crippen LogP contribution in [0.25, 0.3) is 5.57 Å². The van der Waals surface area contributed by atoms with E-state index in [-0.39, 0.29) is 0 Å². The van der Waals surface area contributed by atoms with Crippen LogP contribution in [0.3, 0.4) is 0 Å². The quantitative estimate of drug-likeness (QED) is 0.411. The minimum Gasteiger partial charge on any atom is -0.485 e. The SMILES string of the molecule is NC=C(C=NC1CCNCC1)c1cnc(N)c(OCc2cccc(C#CC3(O)CC3)c2)c1. The number of benzene rings is 1. The van der Waals surface area contributed by atoms with Gasteiger partial charge < -0.3 is 26.6 Å². The van der Waals surface area contributed by atoms with Crippen LogP contribution in [0, 0.1) is 11.8 Å². The van der Waals surface area contributed by atoms with Crippen molar-refractivity contribution in [3.8, 4) is 17.6 Å². The van der Waals surface area contributed by atoms with Crippen LogP contribution < -0.4 is 21.5 Å². The number of aromatic nitrogens is 1. The second-order valence-corrected chi connectivity index (χ2v) is 8.26. The molecule has 4 rings (SSSR count). The van der Waals surface area contributed by atoms with E-state index in [1.165, 1.54) is 6.20 Å². The van der Waals surface area contributed by atoms with Gasteiger partial charge in [-0.3, -0.25) is 4.99 Å². The largest absolute Gasteiger partial charge is 0.485 e. The number of aliphatic hydroxyl groups is 1. The highest BCUT2D eigenvalue weighted by Gasteiger charge is 2.38. The van der Waals surface area contributed by atoms with Crippen LogP contribution in [0.1, 0.15) is 42.4 Å². The van der Waals surface area contributed by atoms with E-state index in [1.54, 1.807) is 6.20 Å². The molecular weight excluding hydrogens is 402 g/mol. The van der Waals surface area contributed by atoms with E-state index in [2.05, 4.69) is 27.1 Å². The summed E-state index contributed by atoms with van der Waals surface area (Å²) in [6.45, 7) is 2.29. The summed E-state index contributed by atoms with van der Waals surface area (Å²) in [6.07, 6.45) is 8.53. The van der Waals surface area contributed by atoms with Crippen molar-refractivity contribution in [2.45, 2.75) is 43.9 Å².